The first-order valence-corrected chi connectivity index (χ1v) is 3.74. The Kier molecular flexibility index (Phi) is 6.18. The van der Waals surface area contributed by atoms with E-state index in [2.05, 4.69) is 12.2 Å². The fourth-order valence-electron chi connectivity index (χ4n) is 0.866. The molecule has 1 atom stereocenters. The minimum atomic E-state index is 0.320. The predicted molar refractivity (Wildman–Crippen MR) is 41.6 cm³/mol. The lowest BCUT2D eigenvalue weighted by molar-refractivity contribution is -0.110. The molecule has 0 fully saturated rings. The molecule has 0 aromatic carbocycles. The molecule has 0 aromatic heterocycles. The Bertz CT molecular complexity index is 85.7. The summed E-state index contributed by atoms with van der Waals surface area (Å²) in [6.45, 7) is 2.76. The van der Waals surface area contributed by atoms with Gasteiger partial charge in [-0.25, -0.2) is 0 Å². The zero-order valence-electron chi connectivity index (χ0n) is 6.47. The summed E-state index contributed by atoms with van der Waals surface area (Å²) in [4.78, 5) is 9.99. The van der Waals surface area contributed by atoms with Gasteiger partial charge in [-0.3, -0.25) is 4.79 Å². The molecule has 0 bridgehead atoms. The maximum atomic E-state index is 9.99. The van der Waals surface area contributed by atoms with Crippen LogP contribution in [0.15, 0.2) is 0 Å². The molecule has 10 heavy (non-hydrogen) atoms. The lowest BCUT2D eigenvalue weighted by Gasteiger charge is -2.11. The van der Waals surface area contributed by atoms with E-state index in [9.17, 15) is 4.79 Å². The molecule has 0 heterocycles. The summed E-state index contributed by atoms with van der Waals surface area (Å²) in [7, 11) is 0. The topological polar surface area (TPSA) is 55.1 Å². The molecular formula is C7H16N2O. The minimum absolute atomic E-state index is 0.320. The van der Waals surface area contributed by atoms with Gasteiger partial charge in [-0.05, 0) is 25.8 Å². The number of carbonyl (C=O) groups excluding carboxylic acids is 1. The number of rotatable bonds is 6. The first kappa shape index (κ1) is 9.43. The quantitative estimate of drug-likeness (QED) is 0.525. The van der Waals surface area contributed by atoms with E-state index in [-0.39, 0.29) is 0 Å². The van der Waals surface area contributed by atoms with Gasteiger partial charge >= 0.3 is 0 Å². The summed E-state index contributed by atoms with van der Waals surface area (Å²) in [5.74, 6) is 0. The Labute approximate surface area is 62.0 Å². The van der Waals surface area contributed by atoms with Gasteiger partial charge in [-0.1, -0.05) is 6.92 Å². The van der Waals surface area contributed by atoms with Gasteiger partial charge in [0.1, 0.15) is 0 Å². The van der Waals surface area contributed by atoms with Gasteiger partial charge in [0.25, 0.3) is 0 Å². The van der Waals surface area contributed by atoms with Crippen LogP contribution >= 0.6 is 0 Å². The van der Waals surface area contributed by atoms with Crippen LogP contribution in [-0.2, 0) is 4.79 Å². The molecule has 3 nitrogen and oxygen atoms in total. The fraction of sp³-hybridized carbons (Fsp3) is 0.857. The third-order valence-electron chi connectivity index (χ3n) is 1.55. The van der Waals surface area contributed by atoms with Crippen LogP contribution in [0.4, 0.5) is 0 Å². The third kappa shape index (κ3) is 4.32. The van der Waals surface area contributed by atoms with Crippen molar-refractivity contribution in [2.45, 2.75) is 32.2 Å². The van der Waals surface area contributed by atoms with Gasteiger partial charge in [0.05, 0.1) is 0 Å². The van der Waals surface area contributed by atoms with Crippen LogP contribution in [-0.4, -0.2) is 19.0 Å². The number of nitrogens with two attached hydrogens (primary N) is 1. The predicted octanol–water partition coefficient (Wildman–Crippen LogP) is 0.250. The second-order valence-electron chi connectivity index (χ2n) is 2.32. The van der Waals surface area contributed by atoms with Crippen molar-refractivity contribution < 1.29 is 4.79 Å². The minimum Gasteiger partial charge on any atom is -0.356 e. The lowest BCUT2D eigenvalue weighted by Crippen LogP contribution is -2.27. The summed E-state index contributed by atoms with van der Waals surface area (Å²) in [6, 6.07) is 0.320. The van der Waals surface area contributed by atoms with E-state index in [0.29, 0.717) is 12.6 Å². The van der Waals surface area contributed by atoms with E-state index < -0.39 is 0 Å². The lowest BCUT2D eigenvalue weighted by atomic mass is 10.1. The number of hydrogen-bond acceptors (Lipinski definition) is 2. The van der Waals surface area contributed by atoms with Crippen molar-refractivity contribution >= 4 is 6.41 Å². The molecule has 60 valence electrons. The second-order valence-corrected chi connectivity index (χ2v) is 2.32. The molecule has 0 rings (SSSR count). The molecule has 0 saturated carbocycles. The van der Waals surface area contributed by atoms with Crippen LogP contribution in [0, 0.1) is 0 Å². The van der Waals surface area contributed by atoms with Crippen LogP contribution in [0.25, 0.3) is 0 Å². The molecule has 1 unspecified atom stereocenters. The average Bonchev–Trinajstić information content (AvgIpc) is 1.98. The van der Waals surface area contributed by atoms with Crippen molar-refractivity contribution in [3.05, 3.63) is 0 Å². The highest BCUT2D eigenvalue weighted by Crippen LogP contribution is 1.98. The van der Waals surface area contributed by atoms with E-state index in [1.165, 1.54) is 0 Å². The maximum absolute atomic E-state index is 9.99. The summed E-state index contributed by atoms with van der Waals surface area (Å²) < 4.78 is 0. The van der Waals surface area contributed by atoms with Crippen molar-refractivity contribution in [2.75, 3.05) is 6.54 Å². The molecule has 0 radical (unpaired) electrons. The summed E-state index contributed by atoms with van der Waals surface area (Å²) in [6.07, 6.45) is 3.72. The molecule has 0 aromatic rings. The van der Waals surface area contributed by atoms with E-state index in [1.807, 2.05) is 0 Å². The summed E-state index contributed by atoms with van der Waals surface area (Å²) in [5.41, 5.74) is 5.31. The number of amides is 1. The highest BCUT2D eigenvalue weighted by atomic mass is 16.1. The number of nitrogens with one attached hydrogen (secondary N) is 1. The Morgan fingerprint density at radius 2 is 2.40 bits per heavy atom. The Morgan fingerprint density at radius 3 is 2.80 bits per heavy atom. The molecular weight excluding hydrogens is 128 g/mol. The van der Waals surface area contributed by atoms with Crippen LogP contribution in [0.1, 0.15) is 26.2 Å². The van der Waals surface area contributed by atoms with Crippen molar-refractivity contribution in [3.63, 3.8) is 0 Å². The van der Waals surface area contributed by atoms with E-state index in [0.717, 1.165) is 25.7 Å². The molecule has 3 N–H and O–H groups in total. The van der Waals surface area contributed by atoms with Gasteiger partial charge in [-0.2, -0.15) is 0 Å². The number of carbonyl (C=O) groups is 1. The Balaban J connectivity index is 3.29. The van der Waals surface area contributed by atoms with E-state index in [4.69, 9.17) is 5.73 Å². The standard InChI is InChI=1S/C7H16N2O/c1-2-7(9-6-10)4-3-5-8/h6-7H,2-5,8H2,1H3,(H,9,10). The zero-order chi connectivity index (χ0) is 7.82. The SMILES string of the molecule is CCC(CCCN)NC=O. The highest BCUT2D eigenvalue weighted by Gasteiger charge is 2.01. The molecule has 0 aliphatic rings. The van der Waals surface area contributed by atoms with Gasteiger partial charge in [0.2, 0.25) is 6.41 Å². The van der Waals surface area contributed by atoms with Crippen molar-refractivity contribution in [1.82, 2.24) is 5.32 Å². The molecule has 3 heteroatoms. The zero-order valence-corrected chi connectivity index (χ0v) is 6.47. The van der Waals surface area contributed by atoms with Crippen molar-refractivity contribution in [1.29, 1.82) is 0 Å². The first-order valence-electron chi connectivity index (χ1n) is 3.74. The van der Waals surface area contributed by atoms with E-state index >= 15 is 0 Å². The molecule has 0 spiro atoms. The van der Waals surface area contributed by atoms with Crippen LogP contribution in [0.2, 0.25) is 0 Å². The van der Waals surface area contributed by atoms with Crippen molar-refractivity contribution in [2.24, 2.45) is 5.73 Å². The van der Waals surface area contributed by atoms with Crippen molar-refractivity contribution in [3.8, 4) is 0 Å². The molecule has 0 aliphatic carbocycles. The molecule has 0 aliphatic heterocycles. The average molecular weight is 144 g/mol. The van der Waals surface area contributed by atoms with Gasteiger partial charge in [0, 0.05) is 6.04 Å². The molecule has 0 saturated heterocycles. The van der Waals surface area contributed by atoms with Crippen LogP contribution in [0.5, 0.6) is 0 Å². The summed E-state index contributed by atoms with van der Waals surface area (Å²) in [5, 5.41) is 2.73. The normalized spacial score (nSPS) is 12.6. The number of hydrogen-bond donors (Lipinski definition) is 2. The monoisotopic (exact) mass is 144 g/mol. The Morgan fingerprint density at radius 1 is 1.70 bits per heavy atom. The van der Waals surface area contributed by atoms with Crippen LogP contribution in [0.3, 0.4) is 0 Å². The van der Waals surface area contributed by atoms with E-state index in [1.54, 1.807) is 0 Å². The first-order chi connectivity index (χ1) is 4.85. The fourth-order valence-corrected chi connectivity index (χ4v) is 0.866. The third-order valence-corrected chi connectivity index (χ3v) is 1.55. The van der Waals surface area contributed by atoms with Gasteiger partial charge in [-0.15, -0.1) is 0 Å². The highest BCUT2D eigenvalue weighted by molar-refractivity contribution is 5.46. The molecule has 1 amide bonds. The van der Waals surface area contributed by atoms with Gasteiger partial charge in [0.15, 0.2) is 0 Å². The second kappa shape index (κ2) is 6.55. The summed E-state index contributed by atoms with van der Waals surface area (Å²) >= 11 is 0. The largest absolute Gasteiger partial charge is 0.356 e. The Hall–Kier alpha value is -0.570. The smallest absolute Gasteiger partial charge is 0.207 e. The van der Waals surface area contributed by atoms with Gasteiger partial charge < -0.3 is 11.1 Å². The van der Waals surface area contributed by atoms with Crippen LogP contribution < -0.4 is 11.1 Å². The maximum Gasteiger partial charge on any atom is 0.207 e.